The van der Waals surface area contributed by atoms with Crippen molar-refractivity contribution in [2.24, 2.45) is 0 Å². The van der Waals surface area contributed by atoms with Crippen molar-refractivity contribution < 1.29 is 27.5 Å². The van der Waals surface area contributed by atoms with Gasteiger partial charge in [-0.25, -0.2) is 4.79 Å². The molecule has 0 radical (unpaired) electrons. The summed E-state index contributed by atoms with van der Waals surface area (Å²) in [4.78, 5) is 24.4. The van der Waals surface area contributed by atoms with Crippen LogP contribution in [0.2, 0.25) is 10.0 Å². The molecule has 0 saturated heterocycles. The SMILES string of the molecule is COC(=O)[C@H](Cc1ccc(Cl)cc1Cl)NC(=O)c1ccccc1C(F)(F)F. The van der Waals surface area contributed by atoms with E-state index in [9.17, 15) is 22.8 Å². The summed E-state index contributed by atoms with van der Waals surface area (Å²) >= 11 is 11.9. The van der Waals surface area contributed by atoms with Crippen LogP contribution in [-0.2, 0) is 22.1 Å². The Labute approximate surface area is 163 Å². The van der Waals surface area contributed by atoms with E-state index >= 15 is 0 Å². The van der Waals surface area contributed by atoms with Crippen molar-refractivity contribution in [3.05, 3.63) is 69.2 Å². The summed E-state index contributed by atoms with van der Waals surface area (Å²) in [5.41, 5.74) is -1.22. The lowest BCUT2D eigenvalue weighted by atomic mass is 10.0. The predicted molar refractivity (Wildman–Crippen MR) is 94.9 cm³/mol. The Morgan fingerprint density at radius 3 is 2.41 bits per heavy atom. The summed E-state index contributed by atoms with van der Waals surface area (Å²) in [5.74, 6) is -1.87. The maximum atomic E-state index is 13.1. The summed E-state index contributed by atoms with van der Waals surface area (Å²) in [6.07, 6.45) is -4.79. The van der Waals surface area contributed by atoms with Crippen LogP contribution in [0, 0.1) is 0 Å². The molecular weight excluding hydrogens is 406 g/mol. The Kier molecular flexibility index (Phi) is 6.73. The van der Waals surface area contributed by atoms with Gasteiger partial charge < -0.3 is 10.1 Å². The first-order chi connectivity index (χ1) is 12.6. The van der Waals surface area contributed by atoms with Gasteiger partial charge >= 0.3 is 12.1 Å². The van der Waals surface area contributed by atoms with Gasteiger partial charge in [0.25, 0.3) is 5.91 Å². The van der Waals surface area contributed by atoms with Gasteiger partial charge in [0.2, 0.25) is 0 Å². The molecule has 0 aliphatic rings. The number of carbonyl (C=O) groups excluding carboxylic acids is 2. The van der Waals surface area contributed by atoms with Gasteiger partial charge in [0.1, 0.15) is 6.04 Å². The lowest BCUT2D eigenvalue weighted by Crippen LogP contribution is -2.43. The number of ether oxygens (including phenoxy) is 1. The van der Waals surface area contributed by atoms with Crippen molar-refractivity contribution in [1.82, 2.24) is 5.32 Å². The number of hydrogen-bond donors (Lipinski definition) is 1. The van der Waals surface area contributed by atoms with Crippen LogP contribution in [0.25, 0.3) is 0 Å². The maximum Gasteiger partial charge on any atom is 0.417 e. The minimum Gasteiger partial charge on any atom is -0.467 e. The zero-order valence-corrected chi connectivity index (χ0v) is 15.5. The van der Waals surface area contributed by atoms with Crippen molar-refractivity contribution in [2.75, 3.05) is 7.11 Å². The molecule has 27 heavy (non-hydrogen) atoms. The molecule has 1 amide bonds. The largest absolute Gasteiger partial charge is 0.467 e. The van der Waals surface area contributed by atoms with E-state index < -0.39 is 35.2 Å². The molecule has 2 rings (SSSR count). The number of benzene rings is 2. The van der Waals surface area contributed by atoms with Crippen molar-refractivity contribution in [1.29, 1.82) is 0 Å². The minimum absolute atomic E-state index is 0.0808. The first-order valence-electron chi connectivity index (χ1n) is 7.62. The Bertz CT molecular complexity index is 856. The Hall–Kier alpha value is -2.25. The number of hydrogen-bond acceptors (Lipinski definition) is 3. The third-order valence-corrected chi connectivity index (χ3v) is 4.29. The van der Waals surface area contributed by atoms with E-state index in [4.69, 9.17) is 23.2 Å². The second-order valence-electron chi connectivity index (χ2n) is 5.53. The smallest absolute Gasteiger partial charge is 0.417 e. The third-order valence-electron chi connectivity index (χ3n) is 3.71. The van der Waals surface area contributed by atoms with Crippen LogP contribution in [-0.4, -0.2) is 25.0 Å². The average Bonchev–Trinajstić information content (AvgIpc) is 2.61. The molecule has 1 N–H and O–H groups in total. The lowest BCUT2D eigenvalue weighted by molar-refractivity contribution is -0.142. The topological polar surface area (TPSA) is 55.4 Å². The predicted octanol–water partition coefficient (Wildman–Crippen LogP) is 4.53. The molecule has 0 aromatic heterocycles. The van der Waals surface area contributed by atoms with Crippen LogP contribution < -0.4 is 5.32 Å². The summed E-state index contributed by atoms with van der Waals surface area (Å²) in [7, 11) is 1.11. The summed E-state index contributed by atoms with van der Waals surface area (Å²) < 4.78 is 44.0. The normalized spacial score (nSPS) is 12.4. The molecule has 4 nitrogen and oxygen atoms in total. The highest BCUT2D eigenvalue weighted by Gasteiger charge is 2.35. The highest BCUT2D eigenvalue weighted by molar-refractivity contribution is 6.35. The first-order valence-corrected chi connectivity index (χ1v) is 8.38. The average molecular weight is 420 g/mol. The number of methoxy groups -OCH3 is 1. The van der Waals surface area contributed by atoms with Crippen LogP contribution in [0.1, 0.15) is 21.5 Å². The molecule has 0 aliphatic heterocycles. The summed E-state index contributed by atoms with van der Waals surface area (Å²) in [5, 5.41) is 2.91. The van der Waals surface area contributed by atoms with Gasteiger partial charge in [-0.1, -0.05) is 41.4 Å². The van der Waals surface area contributed by atoms with Crippen LogP contribution in [0.4, 0.5) is 13.2 Å². The minimum atomic E-state index is -4.71. The molecule has 0 spiro atoms. The van der Waals surface area contributed by atoms with Gasteiger partial charge in [0.15, 0.2) is 0 Å². The fraction of sp³-hybridized carbons (Fsp3) is 0.222. The quantitative estimate of drug-likeness (QED) is 0.724. The number of nitrogens with one attached hydrogen (secondary N) is 1. The summed E-state index contributed by atoms with van der Waals surface area (Å²) in [6.45, 7) is 0. The highest BCUT2D eigenvalue weighted by Crippen LogP contribution is 2.32. The van der Waals surface area contributed by atoms with E-state index in [1.54, 1.807) is 6.07 Å². The Morgan fingerprint density at radius 2 is 1.81 bits per heavy atom. The van der Waals surface area contributed by atoms with Gasteiger partial charge in [-0.05, 0) is 29.8 Å². The van der Waals surface area contributed by atoms with Gasteiger partial charge in [-0.2, -0.15) is 13.2 Å². The number of rotatable bonds is 5. The number of esters is 1. The van der Waals surface area contributed by atoms with E-state index in [0.29, 0.717) is 10.6 Å². The Morgan fingerprint density at radius 1 is 1.15 bits per heavy atom. The van der Waals surface area contributed by atoms with Gasteiger partial charge in [-0.15, -0.1) is 0 Å². The van der Waals surface area contributed by atoms with Crippen LogP contribution in [0.5, 0.6) is 0 Å². The molecule has 1 atom stereocenters. The van der Waals surface area contributed by atoms with Crippen LogP contribution in [0.3, 0.4) is 0 Å². The first kappa shape index (κ1) is 21.1. The molecule has 9 heteroatoms. The van der Waals surface area contributed by atoms with Crippen molar-refractivity contribution in [3.8, 4) is 0 Å². The number of alkyl halides is 3. The maximum absolute atomic E-state index is 13.1. The fourth-order valence-electron chi connectivity index (χ4n) is 2.41. The van der Waals surface area contributed by atoms with E-state index in [2.05, 4.69) is 10.1 Å². The van der Waals surface area contributed by atoms with Crippen LogP contribution in [0.15, 0.2) is 42.5 Å². The number of halogens is 5. The van der Waals surface area contributed by atoms with Gasteiger partial charge in [0.05, 0.1) is 18.2 Å². The van der Waals surface area contributed by atoms with E-state index in [-0.39, 0.29) is 11.4 Å². The van der Waals surface area contributed by atoms with Crippen LogP contribution >= 0.6 is 23.2 Å². The lowest BCUT2D eigenvalue weighted by Gasteiger charge is -2.19. The third kappa shape index (κ3) is 5.37. The van der Waals surface area contributed by atoms with E-state index in [1.807, 2.05) is 0 Å². The van der Waals surface area contributed by atoms with Crippen molar-refractivity contribution >= 4 is 35.1 Å². The molecular formula is C18H14Cl2F3NO3. The highest BCUT2D eigenvalue weighted by atomic mass is 35.5. The number of carbonyl (C=O) groups is 2. The zero-order valence-electron chi connectivity index (χ0n) is 13.9. The van der Waals surface area contributed by atoms with E-state index in [1.165, 1.54) is 24.3 Å². The molecule has 2 aromatic carbocycles. The van der Waals surface area contributed by atoms with Crippen molar-refractivity contribution in [2.45, 2.75) is 18.6 Å². The molecule has 2 aromatic rings. The van der Waals surface area contributed by atoms with E-state index in [0.717, 1.165) is 19.2 Å². The number of amides is 1. The molecule has 0 fully saturated rings. The molecule has 0 saturated carbocycles. The molecule has 0 aliphatic carbocycles. The molecule has 144 valence electrons. The standard InChI is InChI=1S/C18H14Cl2F3NO3/c1-27-17(26)15(8-10-6-7-11(19)9-14(10)20)24-16(25)12-4-2-3-5-13(12)18(21,22)23/h2-7,9,15H,8H2,1H3,(H,24,25)/t15-/m0/s1. The Balaban J connectivity index is 2.29. The van der Waals surface area contributed by atoms with Crippen molar-refractivity contribution in [3.63, 3.8) is 0 Å². The molecule has 0 bridgehead atoms. The van der Waals surface area contributed by atoms with Gasteiger partial charge in [0, 0.05) is 16.5 Å². The molecule has 0 unspecified atom stereocenters. The summed E-state index contributed by atoms with van der Waals surface area (Å²) in [6, 6.07) is 7.60. The second-order valence-corrected chi connectivity index (χ2v) is 6.38. The zero-order chi connectivity index (χ0) is 20.2. The monoisotopic (exact) mass is 419 g/mol. The second kappa shape index (κ2) is 8.63. The fourth-order valence-corrected chi connectivity index (χ4v) is 2.89. The molecule has 0 heterocycles. The van der Waals surface area contributed by atoms with Gasteiger partial charge in [-0.3, -0.25) is 4.79 Å².